The number of aromatic nitrogens is 2. The molecule has 0 aliphatic rings. The van der Waals surface area contributed by atoms with Crippen LogP contribution in [0.4, 0.5) is 5.69 Å². The number of sulfone groups is 1. The molecule has 0 saturated heterocycles. The van der Waals surface area contributed by atoms with Crippen LogP contribution >= 0.6 is 23.2 Å². The number of benzene rings is 2. The molecular formula is C22H22Cl2N4O6S2. The molecular weight excluding hydrogens is 551 g/mol. The Morgan fingerprint density at radius 1 is 1.06 bits per heavy atom. The topological polar surface area (TPSA) is 144 Å². The molecule has 1 aromatic heterocycles. The SMILES string of the molecule is Cc1ccc(NC(=O)Cn2ncc(Cl)c(Cl)c2=O)cc1S(=O)(=O)NCCc1ccc(S(C)(=O)=O)cc1. The molecule has 0 atom stereocenters. The lowest BCUT2D eigenvalue weighted by atomic mass is 10.2. The van der Waals surface area contributed by atoms with Gasteiger partial charge in [0, 0.05) is 18.5 Å². The number of sulfonamides is 1. The molecule has 2 aromatic carbocycles. The zero-order valence-corrected chi connectivity index (χ0v) is 22.3. The Morgan fingerprint density at radius 3 is 2.36 bits per heavy atom. The van der Waals surface area contributed by atoms with E-state index in [4.69, 9.17) is 23.2 Å². The van der Waals surface area contributed by atoms with Crippen molar-refractivity contribution in [1.82, 2.24) is 14.5 Å². The monoisotopic (exact) mass is 572 g/mol. The van der Waals surface area contributed by atoms with Gasteiger partial charge in [0.15, 0.2) is 9.84 Å². The van der Waals surface area contributed by atoms with Crippen molar-refractivity contribution in [1.29, 1.82) is 0 Å². The third kappa shape index (κ3) is 6.92. The zero-order chi connectivity index (χ0) is 26.7. The van der Waals surface area contributed by atoms with E-state index < -0.39 is 37.9 Å². The Labute approximate surface area is 218 Å². The fourth-order valence-corrected chi connectivity index (χ4v) is 5.37. The van der Waals surface area contributed by atoms with Gasteiger partial charge in [0.1, 0.15) is 11.6 Å². The molecule has 0 unspecified atom stereocenters. The molecule has 10 nitrogen and oxygen atoms in total. The van der Waals surface area contributed by atoms with E-state index in [-0.39, 0.29) is 32.1 Å². The van der Waals surface area contributed by atoms with Gasteiger partial charge in [-0.2, -0.15) is 5.10 Å². The molecule has 36 heavy (non-hydrogen) atoms. The number of carbonyl (C=O) groups excluding carboxylic acids is 1. The number of hydrogen-bond donors (Lipinski definition) is 2. The lowest BCUT2D eigenvalue weighted by Crippen LogP contribution is -2.30. The van der Waals surface area contributed by atoms with Gasteiger partial charge in [-0.15, -0.1) is 0 Å². The minimum Gasteiger partial charge on any atom is -0.324 e. The van der Waals surface area contributed by atoms with Crippen molar-refractivity contribution in [2.45, 2.75) is 29.7 Å². The summed E-state index contributed by atoms with van der Waals surface area (Å²) < 4.78 is 52.2. The van der Waals surface area contributed by atoms with Crippen molar-refractivity contribution in [2.24, 2.45) is 0 Å². The van der Waals surface area contributed by atoms with Crippen LogP contribution in [0.25, 0.3) is 0 Å². The number of nitrogens with one attached hydrogen (secondary N) is 2. The second-order valence-electron chi connectivity index (χ2n) is 7.86. The van der Waals surface area contributed by atoms with Crippen LogP contribution < -0.4 is 15.6 Å². The number of nitrogens with zero attached hydrogens (tertiary/aromatic N) is 2. The Balaban J connectivity index is 1.67. The van der Waals surface area contributed by atoms with Crippen LogP contribution in [-0.2, 0) is 37.6 Å². The van der Waals surface area contributed by atoms with Crippen LogP contribution in [0.3, 0.4) is 0 Å². The third-order valence-electron chi connectivity index (χ3n) is 5.05. The van der Waals surface area contributed by atoms with Gasteiger partial charge in [-0.1, -0.05) is 41.4 Å². The Hall–Kier alpha value is -2.77. The highest BCUT2D eigenvalue weighted by Crippen LogP contribution is 2.21. The summed E-state index contributed by atoms with van der Waals surface area (Å²) in [5, 5.41) is 5.99. The van der Waals surface area contributed by atoms with Gasteiger partial charge in [-0.3, -0.25) is 9.59 Å². The minimum atomic E-state index is -3.92. The lowest BCUT2D eigenvalue weighted by molar-refractivity contribution is -0.117. The second kappa shape index (κ2) is 11.1. The van der Waals surface area contributed by atoms with E-state index in [0.29, 0.717) is 12.0 Å². The van der Waals surface area contributed by atoms with Crippen LogP contribution in [0.1, 0.15) is 11.1 Å². The first-order valence-corrected chi connectivity index (χ1v) is 14.5. The molecule has 0 spiro atoms. The Bertz CT molecular complexity index is 1570. The first-order chi connectivity index (χ1) is 16.8. The smallest absolute Gasteiger partial charge is 0.287 e. The van der Waals surface area contributed by atoms with Crippen LogP contribution in [0.5, 0.6) is 0 Å². The second-order valence-corrected chi connectivity index (χ2v) is 12.4. The Kier molecular flexibility index (Phi) is 8.57. The summed E-state index contributed by atoms with van der Waals surface area (Å²) in [6, 6.07) is 10.6. The van der Waals surface area contributed by atoms with E-state index in [1.807, 2.05) is 0 Å². The number of halogens is 2. The van der Waals surface area contributed by atoms with Crippen molar-refractivity contribution in [3.63, 3.8) is 0 Å². The molecule has 0 bridgehead atoms. The quantitative estimate of drug-likeness (QED) is 0.400. The summed E-state index contributed by atoms with van der Waals surface area (Å²) in [7, 11) is -7.24. The molecule has 1 amide bonds. The Morgan fingerprint density at radius 2 is 1.72 bits per heavy atom. The zero-order valence-electron chi connectivity index (χ0n) is 19.2. The minimum absolute atomic E-state index is 0.0300. The molecule has 3 rings (SSSR count). The highest BCUT2D eigenvalue weighted by Gasteiger charge is 2.18. The summed E-state index contributed by atoms with van der Waals surface area (Å²) >= 11 is 11.5. The molecule has 1 heterocycles. The summed E-state index contributed by atoms with van der Waals surface area (Å²) in [6.45, 7) is 1.23. The number of hydrogen-bond acceptors (Lipinski definition) is 7. The van der Waals surface area contributed by atoms with E-state index >= 15 is 0 Å². The molecule has 2 N–H and O–H groups in total. The van der Waals surface area contributed by atoms with Crippen molar-refractivity contribution in [3.8, 4) is 0 Å². The van der Waals surface area contributed by atoms with E-state index in [1.54, 1.807) is 19.1 Å². The number of carbonyl (C=O) groups is 1. The van der Waals surface area contributed by atoms with E-state index in [2.05, 4.69) is 15.1 Å². The third-order valence-corrected chi connectivity index (χ3v) is 8.53. The van der Waals surface area contributed by atoms with E-state index in [9.17, 15) is 26.4 Å². The van der Waals surface area contributed by atoms with Crippen LogP contribution in [0.15, 0.2) is 63.2 Å². The average molecular weight is 573 g/mol. The standard InChI is InChI=1S/C22H22Cl2N4O6S2/c1-14-3-6-16(27-20(29)13-28-22(30)21(24)18(23)12-25-28)11-19(14)36(33,34)26-10-9-15-4-7-17(8-5-15)35(2,31)32/h3-8,11-12,26H,9-10,13H2,1-2H3,(H,27,29). The van der Waals surface area contributed by atoms with Gasteiger partial charge in [0.2, 0.25) is 15.9 Å². The van der Waals surface area contributed by atoms with Crippen LogP contribution in [-0.4, -0.2) is 45.3 Å². The van der Waals surface area contributed by atoms with Crippen molar-refractivity contribution in [2.75, 3.05) is 18.1 Å². The fourth-order valence-electron chi connectivity index (χ4n) is 3.17. The fraction of sp³-hybridized carbons (Fsp3) is 0.227. The van der Waals surface area contributed by atoms with Gasteiger partial charge in [-0.25, -0.2) is 26.2 Å². The van der Waals surface area contributed by atoms with Gasteiger partial charge < -0.3 is 5.32 Å². The van der Waals surface area contributed by atoms with Crippen LogP contribution in [0, 0.1) is 6.92 Å². The van der Waals surface area contributed by atoms with Gasteiger partial charge in [-0.05, 0) is 48.7 Å². The number of rotatable bonds is 9. The molecule has 192 valence electrons. The average Bonchev–Trinajstić information content (AvgIpc) is 2.80. The predicted molar refractivity (Wildman–Crippen MR) is 137 cm³/mol. The highest BCUT2D eigenvalue weighted by atomic mass is 35.5. The lowest BCUT2D eigenvalue weighted by Gasteiger charge is -2.12. The van der Waals surface area contributed by atoms with Gasteiger partial charge >= 0.3 is 0 Å². The molecule has 0 saturated carbocycles. The largest absolute Gasteiger partial charge is 0.324 e. The number of aryl methyl sites for hydroxylation is 1. The first kappa shape index (κ1) is 27.8. The molecule has 0 aliphatic carbocycles. The van der Waals surface area contributed by atoms with Crippen molar-refractivity contribution >= 4 is 54.7 Å². The maximum absolute atomic E-state index is 12.9. The van der Waals surface area contributed by atoms with E-state index in [0.717, 1.165) is 22.7 Å². The maximum atomic E-state index is 12.9. The molecule has 0 aliphatic heterocycles. The van der Waals surface area contributed by atoms with Crippen molar-refractivity contribution < 1.29 is 21.6 Å². The summed E-state index contributed by atoms with van der Waals surface area (Å²) in [5.74, 6) is -0.624. The summed E-state index contributed by atoms with van der Waals surface area (Å²) in [6.07, 6.45) is 2.59. The molecule has 14 heteroatoms. The molecule has 3 aromatic rings. The maximum Gasteiger partial charge on any atom is 0.287 e. The highest BCUT2D eigenvalue weighted by molar-refractivity contribution is 7.90. The summed E-state index contributed by atoms with van der Waals surface area (Å²) in [5.41, 5.74) is 0.687. The molecule has 0 radical (unpaired) electrons. The van der Waals surface area contributed by atoms with Gasteiger partial charge in [0.05, 0.1) is 21.0 Å². The van der Waals surface area contributed by atoms with Gasteiger partial charge in [0.25, 0.3) is 5.56 Å². The normalized spacial score (nSPS) is 11.9. The van der Waals surface area contributed by atoms with E-state index in [1.165, 1.54) is 30.3 Å². The summed E-state index contributed by atoms with van der Waals surface area (Å²) in [4.78, 5) is 24.6. The molecule has 0 fully saturated rings. The first-order valence-electron chi connectivity index (χ1n) is 10.4. The number of amides is 1. The number of anilines is 1. The van der Waals surface area contributed by atoms with Crippen LogP contribution in [0.2, 0.25) is 10.0 Å². The predicted octanol–water partition coefficient (Wildman–Crippen LogP) is 2.42. The van der Waals surface area contributed by atoms with Crippen molar-refractivity contribution in [3.05, 3.63) is 80.2 Å².